The maximum absolute atomic E-state index is 12.9. The quantitative estimate of drug-likeness (QED) is 0.711. The van der Waals surface area contributed by atoms with Gasteiger partial charge in [0.15, 0.2) is 0 Å². The Hall–Kier alpha value is -3.42. The minimum atomic E-state index is -0.451. The lowest BCUT2D eigenvalue weighted by Crippen LogP contribution is -2.34. The lowest BCUT2D eigenvalue weighted by Gasteiger charge is -2.19. The molecule has 0 aliphatic carbocycles. The number of carbonyl (C=O) groups excluding carboxylic acids is 1. The van der Waals surface area contributed by atoms with Gasteiger partial charge in [-0.05, 0) is 29.8 Å². The van der Waals surface area contributed by atoms with Gasteiger partial charge in [-0.2, -0.15) is 0 Å². The molecule has 1 atom stereocenters. The molecule has 3 rings (SSSR count). The zero-order chi connectivity index (χ0) is 19.4. The number of rotatable bonds is 6. The molecule has 0 unspecified atom stereocenters. The summed E-state index contributed by atoms with van der Waals surface area (Å²) in [5, 5.41) is 11.3. The van der Waals surface area contributed by atoms with Crippen molar-refractivity contribution in [3.8, 4) is 11.5 Å². The van der Waals surface area contributed by atoms with Crippen molar-refractivity contribution in [1.82, 2.24) is 20.3 Å². The highest BCUT2D eigenvalue weighted by Gasteiger charge is 2.18. The number of carbonyl (C=O) groups is 1. The standard InChI is InChI=1S/C19H20N4O4/c1-12(24)20-16(13-7-9-14(26-2)10-8-13)11-23-19(25)18-15(21-22-23)5-4-6-17(18)27-3/h4-10,16H,11H2,1-3H3,(H,20,24)/t16-/m1/s1. The molecule has 0 saturated carbocycles. The molecule has 0 bridgehead atoms. The van der Waals surface area contributed by atoms with E-state index in [1.807, 2.05) is 12.1 Å². The van der Waals surface area contributed by atoms with E-state index < -0.39 is 6.04 Å². The highest BCUT2D eigenvalue weighted by molar-refractivity contribution is 5.83. The van der Waals surface area contributed by atoms with Crippen LogP contribution < -0.4 is 20.3 Å². The van der Waals surface area contributed by atoms with Crippen LogP contribution in [0, 0.1) is 0 Å². The van der Waals surface area contributed by atoms with E-state index in [1.54, 1.807) is 37.4 Å². The van der Waals surface area contributed by atoms with Crippen molar-refractivity contribution in [2.75, 3.05) is 14.2 Å². The van der Waals surface area contributed by atoms with Crippen molar-refractivity contribution in [3.63, 3.8) is 0 Å². The van der Waals surface area contributed by atoms with Gasteiger partial charge in [0.2, 0.25) is 5.91 Å². The van der Waals surface area contributed by atoms with Gasteiger partial charge in [0.05, 0.1) is 26.8 Å². The second-order valence-corrected chi connectivity index (χ2v) is 5.96. The summed E-state index contributed by atoms with van der Waals surface area (Å²) < 4.78 is 11.7. The van der Waals surface area contributed by atoms with Crippen LogP contribution in [0.2, 0.25) is 0 Å². The van der Waals surface area contributed by atoms with Crippen molar-refractivity contribution in [2.24, 2.45) is 0 Å². The number of fused-ring (bicyclic) bond motifs is 1. The third-order valence-corrected chi connectivity index (χ3v) is 4.18. The fraction of sp³-hybridized carbons (Fsp3) is 0.263. The van der Waals surface area contributed by atoms with E-state index >= 15 is 0 Å². The molecule has 0 saturated heterocycles. The Balaban J connectivity index is 2.01. The molecule has 1 aromatic heterocycles. The zero-order valence-electron chi connectivity index (χ0n) is 15.3. The van der Waals surface area contributed by atoms with Crippen molar-refractivity contribution in [2.45, 2.75) is 19.5 Å². The Morgan fingerprint density at radius 2 is 1.89 bits per heavy atom. The molecule has 1 amide bonds. The van der Waals surface area contributed by atoms with E-state index in [0.29, 0.717) is 22.4 Å². The summed E-state index contributed by atoms with van der Waals surface area (Å²) in [5.74, 6) is 0.921. The van der Waals surface area contributed by atoms with Gasteiger partial charge in [-0.3, -0.25) is 9.59 Å². The maximum Gasteiger partial charge on any atom is 0.281 e. The van der Waals surface area contributed by atoms with Crippen LogP contribution in [0.1, 0.15) is 18.5 Å². The highest BCUT2D eigenvalue weighted by Crippen LogP contribution is 2.21. The van der Waals surface area contributed by atoms with Gasteiger partial charge in [0, 0.05) is 6.92 Å². The third kappa shape index (κ3) is 3.89. The predicted molar refractivity (Wildman–Crippen MR) is 99.9 cm³/mol. The number of amides is 1. The molecule has 140 valence electrons. The minimum absolute atomic E-state index is 0.131. The molecule has 8 heteroatoms. The first-order valence-corrected chi connectivity index (χ1v) is 8.35. The Morgan fingerprint density at radius 1 is 1.15 bits per heavy atom. The number of methoxy groups -OCH3 is 2. The van der Waals surface area contributed by atoms with Crippen LogP contribution in [-0.4, -0.2) is 35.1 Å². The fourth-order valence-corrected chi connectivity index (χ4v) is 2.87. The Kier molecular flexibility index (Phi) is 5.35. The van der Waals surface area contributed by atoms with E-state index in [4.69, 9.17) is 9.47 Å². The van der Waals surface area contributed by atoms with Gasteiger partial charge in [0.1, 0.15) is 22.4 Å². The zero-order valence-corrected chi connectivity index (χ0v) is 15.3. The molecule has 27 heavy (non-hydrogen) atoms. The maximum atomic E-state index is 12.9. The van der Waals surface area contributed by atoms with Crippen molar-refractivity contribution in [1.29, 1.82) is 0 Å². The van der Waals surface area contributed by atoms with Crippen LogP contribution in [0.4, 0.5) is 0 Å². The highest BCUT2D eigenvalue weighted by atomic mass is 16.5. The lowest BCUT2D eigenvalue weighted by molar-refractivity contribution is -0.119. The number of aromatic nitrogens is 3. The summed E-state index contributed by atoms with van der Waals surface area (Å²) in [6, 6.07) is 11.9. The first-order valence-electron chi connectivity index (χ1n) is 8.35. The van der Waals surface area contributed by atoms with Crippen LogP contribution in [0.3, 0.4) is 0 Å². The van der Waals surface area contributed by atoms with Crippen molar-refractivity contribution in [3.05, 3.63) is 58.4 Å². The Morgan fingerprint density at radius 3 is 2.52 bits per heavy atom. The van der Waals surface area contributed by atoms with Gasteiger partial charge in [-0.15, -0.1) is 5.10 Å². The summed E-state index contributed by atoms with van der Waals surface area (Å²) in [5.41, 5.74) is 0.942. The topological polar surface area (TPSA) is 95.3 Å². The minimum Gasteiger partial charge on any atom is -0.497 e. The van der Waals surface area contributed by atoms with Crippen LogP contribution in [0.5, 0.6) is 11.5 Å². The van der Waals surface area contributed by atoms with Gasteiger partial charge < -0.3 is 14.8 Å². The molecule has 0 radical (unpaired) electrons. The van der Waals surface area contributed by atoms with Crippen LogP contribution in [0.15, 0.2) is 47.3 Å². The van der Waals surface area contributed by atoms with Crippen molar-refractivity contribution < 1.29 is 14.3 Å². The Labute approximate surface area is 155 Å². The molecule has 0 fully saturated rings. The predicted octanol–water partition coefficient (Wildman–Crippen LogP) is 1.69. The van der Waals surface area contributed by atoms with E-state index in [9.17, 15) is 9.59 Å². The molecule has 1 heterocycles. The summed E-state index contributed by atoms with van der Waals surface area (Å²) in [6.45, 7) is 1.56. The molecule has 0 spiro atoms. The van der Waals surface area contributed by atoms with E-state index in [0.717, 1.165) is 5.56 Å². The SMILES string of the molecule is COc1ccc([C@@H](Cn2nnc3cccc(OC)c3c2=O)NC(C)=O)cc1. The van der Waals surface area contributed by atoms with E-state index in [2.05, 4.69) is 15.6 Å². The van der Waals surface area contributed by atoms with Gasteiger partial charge in [0.25, 0.3) is 5.56 Å². The third-order valence-electron chi connectivity index (χ3n) is 4.18. The number of hydrogen-bond acceptors (Lipinski definition) is 6. The molecule has 0 aliphatic rings. The first kappa shape index (κ1) is 18.4. The summed E-state index contributed by atoms with van der Waals surface area (Å²) in [6.07, 6.45) is 0. The summed E-state index contributed by atoms with van der Waals surface area (Å²) >= 11 is 0. The van der Waals surface area contributed by atoms with Crippen LogP contribution in [0.25, 0.3) is 10.9 Å². The number of ether oxygens (including phenoxy) is 2. The molecular weight excluding hydrogens is 348 g/mol. The normalized spacial score (nSPS) is 11.8. The lowest BCUT2D eigenvalue weighted by atomic mass is 10.1. The number of nitrogens with zero attached hydrogens (tertiary/aromatic N) is 3. The summed E-state index contributed by atoms with van der Waals surface area (Å²) in [7, 11) is 3.08. The Bertz CT molecular complexity index is 1010. The second kappa shape index (κ2) is 7.86. The largest absolute Gasteiger partial charge is 0.497 e. The molecule has 0 aliphatic heterocycles. The van der Waals surface area contributed by atoms with E-state index in [-0.39, 0.29) is 18.0 Å². The second-order valence-electron chi connectivity index (χ2n) is 5.96. The van der Waals surface area contributed by atoms with Crippen LogP contribution >= 0.6 is 0 Å². The molecule has 3 aromatic rings. The molecule has 1 N–H and O–H groups in total. The average molecular weight is 368 g/mol. The fourth-order valence-electron chi connectivity index (χ4n) is 2.87. The molecule has 2 aromatic carbocycles. The van der Waals surface area contributed by atoms with Gasteiger partial charge in [-0.1, -0.05) is 23.4 Å². The van der Waals surface area contributed by atoms with E-state index in [1.165, 1.54) is 18.7 Å². The number of benzene rings is 2. The number of hydrogen-bond donors (Lipinski definition) is 1. The van der Waals surface area contributed by atoms with Gasteiger partial charge >= 0.3 is 0 Å². The molecule has 8 nitrogen and oxygen atoms in total. The van der Waals surface area contributed by atoms with Crippen LogP contribution in [-0.2, 0) is 11.3 Å². The smallest absolute Gasteiger partial charge is 0.281 e. The van der Waals surface area contributed by atoms with Gasteiger partial charge in [-0.25, -0.2) is 4.68 Å². The molecular formula is C19H20N4O4. The number of nitrogens with one attached hydrogen (secondary N) is 1. The van der Waals surface area contributed by atoms with Crippen molar-refractivity contribution >= 4 is 16.8 Å². The average Bonchev–Trinajstić information content (AvgIpc) is 2.68. The first-order chi connectivity index (χ1) is 13.0. The summed E-state index contributed by atoms with van der Waals surface area (Å²) in [4.78, 5) is 24.6. The monoisotopic (exact) mass is 368 g/mol.